The lowest BCUT2D eigenvalue weighted by Gasteiger charge is -2.09. The van der Waals surface area contributed by atoms with Crippen molar-refractivity contribution in [2.75, 3.05) is 19.0 Å². The minimum atomic E-state index is -0.412. The van der Waals surface area contributed by atoms with E-state index in [-0.39, 0.29) is 24.2 Å². The molecule has 2 N–H and O–H groups in total. The van der Waals surface area contributed by atoms with Crippen LogP contribution >= 0.6 is 11.3 Å². The number of ether oxygens (including phenoxy) is 1. The van der Waals surface area contributed by atoms with Crippen molar-refractivity contribution in [1.82, 2.24) is 5.32 Å². The second-order valence-electron chi connectivity index (χ2n) is 5.25. The second-order valence-corrected chi connectivity index (χ2v) is 6.35. The minimum Gasteiger partial charge on any atom is -0.465 e. The summed E-state index contributed by atoms with van der Waals surface area (Å²) >= 11 is 1.44. The predicted octanol–water partition coefficient (Wildman–Crippen LogP) is 1.10. The molecule has 1 aromatic heterocycles. The molecule has 3 rings (SSSR count). The average molecular weight is 308 g/mol. The van der Waals surface area contributed by atoms with E-state index in [9.17, 15) is 14.4 Å². The molecule has 2 amide bonds. The van der Waals surface area contributed by atoms with E-state index in [0.717, 1.165) is 29.7 Å². The number of rotatable bonds is 3. The number of hydrogen-bond acceptors (Lipinski definition) is 5. The summed E-state index contributed by atoms with van der Waals surface area (Å²) in [5.41, 5.74) is 1.49. The largest absolute Gasteiger partial charge is 0.465 e. The van der Waals surface area contributed by atoms with E-state index in [2.05, 4.69) is 10.6 Å². The van der Waals surface area contributed by atoms with Gasteiger partial charge in [0.2, 0.25) is 11.8 Å². The first-order chi connectivity index (χ1) is 10.1. The highest BCUT2D eigenvalue weighted by Crippen LogP contribution is 2.39. The molecule has 1 aliphatic heterocycles. The van der Waals surface area contributed by atoms with Crippen LogP contribution in [0.15, 0.2) is 0 Å². The van der Waals surface area contributed by atoms with E-state index in [0.29, 0.717) is 17.1 Å². The number of carbonyl (C=O) groups excluding carboxylic acids is 3. The van der Waals surface area contributed by atoms with Gasteiger partial charge in [-0.1, -0.05) is 0 Å². The highest BCUT2D eigenvalue weighted by molar-refractivity contribution is 7.17. The summed E-state index contributed by atoms with van der Waals surface area (Å²) in [6.07, 6.45) is 3.00. The van der Waals surface area contributed by atoms with Crippen molar-refractivity contribution in [3.05, 3.63) is 16.0 Å². The van der Waals surface area contributed by atoms with Gasteiger partial charge in [-0.3, -0.25) is 9.59 Å². The van der Waals surface area contributed by atoms with Crippen molar-refractivity contribution >= 4 is 34.1 Å². The van der Waals surface area contributed by atoms with Crippen LogP contribution in [0, 0.1) is 5.92 Å². The highest BCUT2D eigenvalue weighted by Gasteiger charge is 2.32. The topological polar surface area (TPSA) is 84.5 Å². The Morgan fingerprint density at radius 3 is 2.86 bits per heavy atom. The van der Waals surface area contributed by atoms with Gasteiger partial charge < -0.3 is 15.4 Å². The number of fused-ring (bicyclic) bond motifs is 1. The van der Waals surface area contributed by atoms with E-state index in [1.165, 1.54) is 18.4 Å². The lowest BCUT2D eigenvalue weighted by atomic mass is 10.1. The van der Waals surface area contributed by atoms with Crippen molar-refractivity contribution < 1.29 is 19.1 Å². The first-order valence-electron chi connectivity index (χ1n) is 6.90. The smallest absolute Gasteiger partial charge is 0.341 e. The van der Waals surface area contributed by atoms with Crippen LogP contribution in [0.25, 0.3) is 0 Å². The van der Waals surface area contributed by atoms with Crippen LogP contribution in [0.4, 0.5) is 5.00 Å². The lowest BCUT2D eigenvalue weighted by molar-refractivity contribution is -0.123. The molecule has 1 unspecified atom stereocenters. The van der Waals surface area contributed by atoms with Crippen molar-refractivity contribution in [2.24, 2.45) is 5.92 Å². The van der Waals surface area contributed by atoms with Crippen molar-refractivity contribution in [3.8, 4) is 0 Å². The van der Waals surface area contributed by atoms with Crippen molar-refractivity contribution in [1.29, 1.82) is 0 Å². The molecule has 1 atom stereocenters. The number of amides is 2. The Morgan fingerprint density at radius 1 is 1.38 bits per heavy atom. The SMILES string of the molecule is COC(=O)c1c(NC(=O)C2CNC(=O)C2)sc2c1CCC2. The fourth-order valence-electron chi connectivity index (χ4n) is 2.81. The molecule has 1 aromatic rings. The van der Waals surface area contributed by atoms with Gasteiger partial charge >= 0.3 is 5.97 Å². The molecule has 2 heterocycles. The molecule has 0 spiro atoms. The van der Waals surface area contributed by atoms with Crippen LogP contribution in [-0.2, 0) is 27.2 Å². The normalized spacial score (nSPS) is 20.0. The molecule has 1 aliphatic carbocycles. The fourth-order valence-corrected chi connectivity index (χ4v) is 4.10. The van der Waals surface area contributed by atoms with Crippen LogP contribution in [0.2, 0.25) is 0 Å². The fraction of sp³-hybridized carbons (Fsp3) is 0.500. The standard InChI is InChI=1S/C14H16N2O4S/c1-20-14(19)11-8-3-2-4-9(8)21-13(11)16-12(18)7-5-10(17)15-6-7/h7H,2-6H2,1H3,(H,15,17)(H,16,18). The summed E-state index contributed by atoms with van der Waals surface area (Å²) in [6, 6.07) is 0. The maximum atomic E-state index is 12.2. The van der Waals surface area contributed by atoms with E-state index >= 15 is 0 Å². The minimum absolute atomic E-state index is 0.114. The molecule has 0 radical (unpaired) electrons. The number of carbonyl (C=O) groups is 3. The average Bonchev–Trinajstić information content (AvgIpc) is 3.13. The zero-order chi connectivity index (χ0) is 15.0. The number of anilines is 1. The Bertz CT molecular complexity index is 623. The number of methoxy groups -OCH3 is 1. The highest BCUT2D eigenvalue weighted by atomic mass is 32.1. The zero-order valence-corrected chi connectivity index (χ0v) is 12.5. The quantitative estimate of drug-likeness (QED) is 0.819. The van der Waals surface area contributed by atoms with E-state index in [1.54, 1.807) is 0 Å². The summed E-state index contributed by atoms with van der Waals surface area (Å²) in [5.74, 6) is -1.12. The Kier molecular flexibility index (Phi) is 3.67. The zero-order valence-electron chi connectivity index (χ0n) is 11.7. The Hall–Kier alpha value is -1.89. The van der Waals surface area contributed by atoms with Crippen LogP contribution in [0.3, 0.4) is 0 Å². The van der Waals surface area contributed by atoms with E-state index < -0.39 is 5.97 Å². The molecule has 6 nitrogen and oxygen atoms in total. The summed E-state index contributed by atoms with van der Waals surface area (Å²) in [4.78, 5) is 36.5. The summed E-state index contributed by atoms with van der Waals surface area (Å²) in [5, 5.41) is 5.99. The first kappa shape index (κ1) is 14.1. The van der Waals surface area contributed by atoms with Gasteiger partial charge in [-0.25, -0.2) is 4.79 Å². The van der Waals surface area contributed by atoms with Gasteiger partial charge in [-0.05, 0) is 24.8 Å². The van der Waals surface area contributed by atoms with Gasteiger partial charge in [-0.2, -0.15) is 0 Å². The lowest BCUT2D eigenvalue weighted by Crippen LogP contribution is -2.25. The number of thiophene rings is 1. The Labute approximate surface area is 125 Å². The molecule has 2 aliphatic rings. The number of nitrogens with one attached hydrogen (secondary N) is 2. The van der Waals surface area contributed by atoms with Gasteiger partial charge in [0.1, 0.15) is 5.00 Å². The molecular weight excluding hydrogens is 292 g/mol. The van der Waals surface area contributed by atoms with Gasteiger partial charge in [0, 0.05) is 17.8 Å². The second kappa shape index (κ2) is 5.48. The van der Waals surface area contributed by atoms with Crippen LogP contribution < -0.4 is 10.6 Å². The van der Waals surface area contributed by atoms with Gasteiger partial charge in [-0.15, -0.1) is 11.3 Å². The van der Waals surface area contributed by atoms with Crippen molar-refractivity contribution in [2.45, 2.75) is 25.7 Å². The van der Waals surface area contributed by atoms with Crippen LogP contribution in [0.1, 0.15) is 33.6 Å². The summed E-state index contributed by atoms with van der Waals surface area (Å²) < 4.78 is 4.83. The molecule has 21 heavy (non-hydrogen) atoms. The third-order valence-corrected chi connectivity index (χ3v) is 5.10. The number of aryl methyl sites for hydroxylation is 1. The molecule has 0 aromatic carbocycles. The van der Waals surface area contributed by atoms with E-state index in [1.807, 2.05) is 0 Å². The molecular formula is C14H16N2O4S. The predicted molar refractivity (Wildman–Crippen MR) is 77.4 cm³/mol. The van der Waals surface area contributed by atoms with E-state index in [4.69, 9.17) is 4.74 Å². The number of esters is 1. The monoisotopic (exact) mass is 308 g/mol. The molecule has 0 saturated carbocycles. The molecule has 112 valence electrons. The molecule has 1 fully saturated rings. The maximum Gasteiger partial charge on any atom is 0.341 e. The van der Waals surface area contributed by atoms with Gasteiger partial charge in [0.15, 0.2) is 0 Å². The Morgan fingerprint density at radius 2 is 2.19 bits per heavy atom. The first-order valence-corrected chi connectivity index (χ1v) is 7.72. The van der Waals surface area contributed by atoms with Crippen LogP contribution in [0.5, 0.6) is 0 Å². The van der Waals surface area contributed by atoms with Gasteiger partial charge in [0.25, 0.3) is 0 Å². The van der Waals surface area contributed by atoms with Crippen molar-refractivity contribution in [3.63, 3.8) is 0 Å². The number of hydrogen-bond donors (Lipinski definition) is 2. The third-order valence-electron chi connectivity index (χ3n) is 3.90. The third kappa shape index (κ3) is 2.53. The summed E-state index contributed by atoms with van der Waals surface area (Å²) in [7, 11) is 1.34. The molecule has 7 heteroatoms. The summed E-state index contributed by atoms with van der Waals surface area (Å²) in [6.45, 7) is 0.351. The van der Waals surface area contributed by atoms with Crippen LogP contribution in [-0.4, -0.2) is 31.4 Å². The maximum absolute atomic E-state index is 12.2. The Balaban J connectivity index is 1.83. The van der Waals surface area contributed by atoms with Gasteiger partial charge in [0.05, 0.1) is 18.6 Å². The molecule has 1 saturated heterocycles. The molecule has 0 bridgehead atoms.